The van der Waals surface area contributed by atoms with Crippen molar-refractivity contribution in [3.05, 3.63) is 11.6 Å². The van der Waals surface area contributed by atoms with Gasteiger partial charge in [-0.05, 0) is 53.4 Å². The van der Waals surface area contributed by atoms with Gasteiger partial charge in [0.15, 0.2) is 0 Å². The van der Waals surface area contributed by atoms with Crippen LogP contribution in [0, 0.1) is 17.3 Å². The molecule has 0 aromatic rings. The van der Waals surface area contributed by atoms with Crippen molar-refractivity contribution in [1.29, 1.82) is 0 Å². The Morgan fingerprint density at radius 1 is 1.21 bits per heavy atom. The summed E-state index contributed by atoms with van der Waals surface area (Å²) in [6.45, 7) is 12.7. The molecule has 7 atom stereocenters. The average molecular weight is 395 g/mol. The summed E-state index contributed by atoms with van der Waals surface area (Å²) in [6.07, 6.45) is 2.78. The van der Waals surface area contributed by atoms with Crippen LogP contribution in [0.15, 0.2) is 11.6 Å². The smallest absolute Gasteiger partial charge is 0.333 e. The van der Waals surface area contributed by atoms with Gasteiger partial charge in [-0.25, -0.2) is 4.79 Å². The molecule has 0 bridgehead atoms. The number of allylic oxidation sites excluding steroid dienone is 1. The summed E-state index contributed by atoms with van der Waals surface area (Å²) >= 11 is 0. The van der Waals surface area contributed by atoms with Gasteiger partial charge in [0.1, 0.15) is 18.3 Å². The van der Waals surface area contributed by atoms with E-state index in [1.807, 2.05) is 20.8 Å². The summed E-state index contributed by atoms with van der Waals surface area (Å²) in [4.78, 5) is 24.5. The molecule has 3 rings (SSSR count). The lowest BCUT2D eigenvalue weighted by Gasteiger charge is -2.44. The molecule has 0 amide bonds. The minimum absolute atomic E-state index is 0.0691. The van der Waals surface area contributed by atoms with E-state index in [0.29, 0.717) is 12.0 Å². The molecule has 158 valence electrons. The second-order valence-electron chi connectivity index (χ2n) is 9.83. The molecule has 1 aliphatic heterocycles. The zero-order valence-corrected chi connectivity index (χ0v) is 18.1. The second-order valence-corrected chi connectivity index (χ2v) is 9.83. The fourth-order valence-corrected chi connectivity index (χ4v) is 5.59. The van der Waals surface area contributed by atoms with Gasteiger partial charge < -0.3 is 19.3 Å². The number of aliphatic hydroxyl groups is 1. The average Bonchev–Trinajstić information content (AvgIpc) is 3.09. The van der Waals surface area contributed by atoms with Crippen LogP contribution >= 0.6 is 0 Å². The standard InChI is InChI=1S/C22H34O6/c1-8-12(2)19(24)27-15-11-22(7)18(28-22)17(26-13(3)23)21(6)10-9-14(16(15)21)20(4,5)25/h8,14-18,25H,9-11H2,1-7H3/b12-8+/t14-,15+,16-,17-,18+,21+,22-/m1/s1. The number of carbonyl (C=O) groups excluding carboxylic acids is 2. The van der Waals surface area contributed by atoms with E-state index in [-0.39, 0.29) is 29.9 Å². The third-order valence-electron chi connectivity index (χ3n) is 7.28. The quantitative estimate of drug-likeness (QED) is 0.448. The Morgan fingerprint density at radius 3 is 2.39 bits per heavy atom. The van der Waals surface area contributed by atoms with Crippen LogP contribution in [-0.4, -0.2) is 46.6 Å². The molecule has 28 heavy (non-hydrogen) atoms. The van der Waals surface area contributed by atoms with Gasteiger partial charge in [-0.15, -0.1) is 0 Å². The lowest BCUT2D eigenvalue weighted by atomic mass is 9.67. The largest absolute Gasteiger partial charge is 0.459 e. The van der Waals surface area contributed by atoms with Crippen LogP contribution in [0.3, 0.4) is 0 Å². The van der Waals surface area contributed by atoms with Gasteiger partial charge in [-0.3, -0.25) is 4.79 Å². The molecule has 0 radical (unpaired) electrons. The molecule has 3 fully saturated rings. The molecule has 6 heteroatoms. The van der Waals surface area contributed by atoms with Crippen LogP contribution in [0.4, 0.5) is 0 Å². The monoisotopic (exact) mass is 394 g/mol. The van der Waals surface area contributed by atoms with E-state index in [1.165, 1.54) is 6.92 Å². The van der Waals surface area contributed by atoms with Crippen molar-refractivity contribution in [1.82, 2.24) is 0 Å². The molecule has 0 aromatic heterocycles. The van der Waals surface area contributed by atoms with Crippen molar-refractivity contribution in [2.45, 2.75) is 97.2 Å². The predicted octanol–water partition coefficient (Wildman–Crippen LogP) is 3.16. The second kappa shape index (κ2) is 6.84. The van der Waals surface area contributed by atoms with Gasteiger partial charge in [0.25, 0.3) is 0 Å². The zero-order chi connectivity index (χ0) is 21.1. The van der Waals surface area contributed by atoms with Gasteiger partial charge in [0, 0.05) is 30.3 Å². The number of ether oxygens (including phenoxy) is 3. The van der Waals surface area contributed by atoms with Crippen LogP contribution in [0.25, 0.3) is 0 Å². The number of carbonyl (C=O) groups is 2. The SMILES string of the molecule is C/C=C(\C)C(=O)O[C@H]1C[C@@]2(C)O[C@H]2[C@@H](OC(C)=O)[C@@]2(C)CC[C@@H](C(C)(C)O)[C@H]12. The molecule has 0 aromatic carbocycles. The Kier molecular flexibility index (Phi) is 5.20. The normalized spacial score (nSPS) is 42.9. The first-order valence-corrected chi connectivity index (χ1v) is 10.2. The number of rotatable bonds is 4. The van der Waals surface area contributed by atoms with Gasteiger partial charge in [0.05, 0.1) is 11.2 Å². The Hall–Kier alpha value is -1.40. The van der Waals surface area contributed by atoms with Crippen molar-refractivity contribution in [2.75, 3.05) is 0 Å². The lowest BCUT2D eigenvalue weighted by Crippen LogP contribution is -2.50. The Bertz CT molecular complexity index is 692. The first-order chi connectivity index (χ1) is 12.8. The molecular formula is C22H34O6. The Labute approximate surface area is 167 Å². The van der Waals surface area contributed by atoms with E-state index in [4.69, 9.17) is 14.2 Å². The summed E-state index contributed by atoms with van der Waals surface area (Å²) in [5.74, 6) is -0.878. The molecule has 3 aliphatic rings. The minimum Gasteiger partial charge on any atom is -0.459 e. The molecule has 1 saturated heterocycles. The van der Waals surface area contributed by atoms with Gasteiger partial charge in [-0.2, -0.15) is 0 Å². The molecule has 0 spiro atoms. The van der Waals surface area contributed by atoms with E-state index in [1.54, 1.807) is 19.9 Å². The fourth-order valence-electron chi connectivity index (χ4n) is 5.59. The molecule has 2 saturated carbocycles. The summed E-state index contributed by atoms with van der Waals surface area (Å²) in [7, 11) is 0. The summed E-state index contributed by atoms with van der Waals surface area (Å²) < 4.78 is 17.8. The van der Waals surface area contributed by atoms with Crippen LogP contribution in [0.5, 0.6) is 0 Å². The predicted molar refractivity (Wildman–Crippen MR) is 103 cm³/mol. The van der Waals surface area contributed by atoms with Crippen molar-refractivity contribution in [3.63, 3.8) is 0 Å². The molecule has 2 aliphatic carbocycles. The molecule has 1 heterocycles. The highest BCUT2D eigenvalue weighted by Crippen LogP contribution is 2.63. The third-order valence-corrected chi connectivity index (χ3v) is 7.28. The summed E-state index contributed by atoms with van der Waals surface area (Å²) in [5.41, 5.74) is -1.31. The van der Waals surface area contributed by atoms with Crippen LogP contribution in [-0.2, 0) is 23.8 Å². The Morgan fingerprint density at radius 2 is 1.86 bits per heavy atom. The highest BCUT2D eigenvalue weighted by atomic mass is 16.6. The molecular weight excluding hydrogens is 360 g/mol. The summed E-state index contributed by atoms with van der Waals surface area (Å²) in [6, 6.07) is 0. The highest BCUT2D eigenvalue weighted by molar-refractivity contribution is 5.87. The first kappa shape index (κ1) is 21.3. The summed E-state index contributed by atoms with van der Waals surface area (Å²) in [5, 5.41) is 10.9. The van der Waals surface area contributed by atoms with Crippen molar-refractivity contribution in [2.24, 2.45) is 17.3 Å². The number of hydrogen-bond donors (Lipinski definition) is 1. The van der Waals surface area contributed by atoms with E-state index >= 15 is 0 Å². The first-order valence-electron chi connectivity index (χ1n) is 10.2. The third kappa shape index (κ3) is 3.50. The lowest BCUT2D eigenvalue weighted by molar-refractivity contribution is -0.171. The number of hydrogen-bond acceptors (Lipinski definition) is 6. The molecule has 6 nitrogen and oxygen atoms in total. The van der Waals surface area contributed by atoms with E-state index in [2.05, 4.69) is 6.92 Å². The van der Waals surface area contributed by atoms with Crippen molar-refractivity contribution < 1.29 is 28.9 Å². The zero-order valence-electron chi connectivity index (χ0n) is 18.1. The van der Waals surface area contributed by atoms with Crippen LogP contribution in [0.2, 0.25) is 0 Å². The molecule has 1 N–H and O–H groups in total. The highest BCUT2D eigenvalue weighted by Gasteiger charge is 2.71. The number of epoxide rings is 1. The van der Waals surface area contributed by atoms with Gasteiger partial charge in [-0.1, -0.05) is 13.0 Å². The van der Waals surface area contributed by atoms with E-state index < -0.39 is 28.8 Å². The fraction of sp³-hybridized carbons (Fsp3) is 0.818. The maximum absolute atomic E-state index is 12.6. The minimum atomic E-state index is -0.931. The Balaban J connectivity index is 2.04. The van der Waals surface area contributed by atoms with Crippen molar-refractivity contribution in [3.8, 4) is 0 Å². The van der Waals surface area contributed by atoms with E-state index in [9.17, 15) is 14.7 Å². The maximum Gasteiger partial charge on any atom is 0.333 e. The molecule has 0 unspecified atom stereocenters. The maximum atomic E-state index is 12.6. The van der Waals surface area contributed by atoms with Crippen molar-refractivity contribution >= 4 is 11.9 Å². The van der Waals surface area contributed by atoms with Gasteiger partial charge in [0.2, 0.25) is 0 Å². The topological polar surface area (TPSA) is 85.4 Å². The number of fused-ring (bicyclic) bond motifs is 2. The van der Waals surface area contributed by atoms with E-state index in [0.717, 1.165) is 12.8 Å². The van der Waals surface area contributed by atoms with Gasteiger partial charge >= 0.3 is 11.9 Å². The van der Waals surface area contributed by atoms with Crippen LogP contribution < -0.4 is 0 Å². The number of esters is 2. The van der Waals surface area contributed by atoms with Crippen LogP contribution in [0.1, 0.15) is 67.7 Å².